The lowest BCUT2D eigenvalue weighted by Crippen LogP contribution is -2.34. The van der Waals surface area contributed by atoms with Crippen molar-refractivity contribution >= 4 is 11.8 Å². The molecule has 0 aliphatic carbocycles. The fourth-order valence-corrected chi connectivity index (χ4v) is 3.42. The van der Waals surface area contributed by atoms with Crippen molar-refractivity contribution in [3.8, 4) is 11.5 Å². The van der Waals surface area contributed by atoms with Gasteiger partial charge in [0.05, 0.1) is 26.2 Å². The van der Waals surface area contributed by atoms with E-state index in [0.717, 1.165) is 11.1 Å². The Morgan fingerprint density at radius 2 is 2.04 bits per heavy atom. The molecule has 2 heterocycles. The zero-order chi connectivity index (χ0) is 19.4. The highest BCUT2D eigenvalue weighted by molar-refractivity contribution is 5.90. The van der Waals surface area contributed by atoms with Crippen LogP contribution in [-0.4, -0.2) is 43.0 Å². The molecule has 2 aromatic rings. The van der Waals surface area contributed by atoms with Crippen molar-refractivity contribution in [1.82, 2.24) is 15.2 Å². The van der Waals surface area contributed by atoms with Crippen LogP contribution >= 0.6 is 0 Å². The second-order valence-electron chi connectivity index (χ2n) is 6.45. The van der Waals surface area contributed by atoms with E-state index >= 15 is 0 Å². The summed E-state index contributed by atoms with van der Waals surface area (Å²) in [6, 6.07) is 8.88. The molecule has 1 N–H and O–H groups in total. The molecule has 3 rings (SSSR count). The van der Waals surface area contributed by atoms with E-state index < -0.39 is 5.92 Å². The third-order valence-electron chi connectivity index (χ3n) is 4.86. The van der Waals surface area contributed by atoms with Crippen molar-refractivity contribution in [2.75, 3.05) is 21.3 Å². The first-order chi connectivity index (χ1) is 13.0. The standard InChI is InChI=1S/C20H23N3O4/c1-23-18(24)10-15(19(23)14-5-4-8-21-12-14)20(25)22-11-13-6-7-16(26-2)17(9-13)27-3/h4-9,12,15,19H,10-11H2,1-3H3,(H,22,25)/t15-,19-/m1/s1. The van der Waals surface area contributed by atoms with Gasteiger partial charge < -0.3 is 19.7 Å². The van der Waals surface area contributed by atoms with Gasteiger partial charge in [-0.3, -0.25) is 14.6 Å². The maximum atomic E-state index is 12.8. The first-order valence-electron chi connectivity index (χ1n) is 8.69. The number of aromatic nitrogens is 1. The fourth-order valence-electron chi connectivity index (χ4n) is 3.42. The molecule has 2 amide bonds. The summed E-state index contributed by atoms with van der Waals surface area (Å²) < 4.78 is 10.5. The van der Waals surface area contributed by atoms with Crippen LogP contribution in [0.2, 0.25) is 0 Å². The monoisotopic (exact) mass is 369 g/mol. The van der Waals surface area contributed by atoms with Gasteiger partial charge in [-0.2, -0.15) is 0 Å². The summed E-state index contributed by atoms with van der Waals surface area (Å²) in [5.74, 6) is 0.582. The van der Waals surface area contributed by atoms with E-state index in [1.165, 1.54) is 0 Å². The summed E-state index contributed by atoms with van der Waals surface area (Å²) in [5, 5.41) is 2.94. The highest BCUT2D eigenvalue weighted by atomic mass is 16.5. The molecular formula is C20H23N3O4. The van der Waals surface area contributed by atoms with Crippen molar-refractivity contribution in [3.05, 3.63) is 53.9 Å². The average Bonchev–Trinajstić information content (AvgIpc) is 3.01. The Bertz CT molecular complexity index is 825. The van der Waals surface area contributed by atoms with Gasteiger partial charge in [0.2, 0.25) is 11.8 Å². The summed E-state index contributed by atoms with van der Waals surface area (Å²) in [7, 11) is 4.87. The van der Waals surface area contributed by atoms with Crippen LogP contribution in [0.15, 0.2) is 42.7 Å². The van der Waals surface area contributed by atoms with Crippen LogP contribution in [0.3, 0.4) is 0 Å². The molecule has 1 aromatic heterocycles. The van der Waals surface area contributed by atoms with Crippen molar-refractivity contribution in [1.29, 1.82) is 0 Å². The largest absolute Gasteiger partial charge is 0.493 e. The van der Waals surface area contributed by atoms with Gasteiger partial charge in [-0.05, 0) is 29.3 Å². The molecule has 1 aliphatic heterocycles. The summed E-state index contributed by atoms with van der Waals surface area (Å²) in [5.41, 5.74) is 1.74. The lowest BCUT2D eigenvalue weighted by molar-refractivity contribution is -0.128. The first kappa shape index (κ1) is 18.7. The summed E-state index contributed by atoms with van der Waals surface area (Å²) in [6.07, 6.45) is 3.56. The molecule has 1 fully saturated rings. The van der Waals surface area contributed by atoms with Crippen LogP contribution < -0.4 is 14.8 Å². The molecule has 1 saturated heterocycles. The minimum absolute atomic E-state index is 0.0462. The number of nitrogens with zero attached hydrogens (tertiary/aromatic N) is 2. The van der Waals surface area contributed by atoms with Crippen molar-refractivity contribution in [2.45, 2.75) is 19.0 Å². The van der Waals surface area contributed by atoms with E-state index in [-0.39, 0.29) is 24.3 Å². The minimum atomic E-state index is -0.452. The quantitative estimate of drug-likeness (QED) is 0.842. The van der Waals surface area contributed by atoms with Crippen LogP contribution in [0.1, 0.15) is 23.6 Å². The van der Waals surface area contributed by atoms with Crippen molar-refractivity contribution in [2.24, 2.45) is 5.92 Å². The minimum Gasteiger partial charge on any atom is -0.493 e. The predicted molar refractivity (Wildman–Crippen MR) is 99.2 cm³/mol. The molecule has 1 aliphatic rings. The van der Waals surface area contributed by atoms with Gasteiger partial charge in [-0.25, -0.2) is 0 Å². The molecule has 1 aromatic carbocycles. The Balaban J connectivity index is 1.72. The molecule has 7 heteroatoms. The fraction of sp³-hybridized carbons (Fsp3) is 0.350. The van der Waals surface area contributed by atoms with Gasteiger partial charge in [0.25, 0.3) is 0 Å². The normalized spacial score (nSPS) is 19.1. The van der Waals surface area contributed by atoms with Gasteiger partial charge in [-0.1, -0.05) is 12.1 Å². The van der Waals surface area contributed by atoms with E-state index in [1.54, 1.807) is 44.6 Å². The summed E-state index contributed by atoms with van der Waals surface area (Å²) in [4.78, 5) is 30.7. The second-order valence-corrected chi connectivity index (χ2v) is 6.45. The number of pyridine rings is 1. The second kappa shape index (κ2) is 8.07. The molecule has 0 radical (unpaired) electrons. The molecule has 0 bridgehead atoms. The number of hydrogen-bond donors (Lipinski definition) is 1. The SMILES string of the molecule is COc1ccc(CNC(=O)[C@@H]2CC(=O)N(C)[C@@H]2c2cccnc2)cc1OC. The van der Waals surface area contributed by atoms with Crippen molar-refractivity contribution < 1.29 is 19.1 Å². The number of amides is 2. The zero-order valence-electron chi connectivity index (χ0n) is 15.6. The number of hydrogen-bond acceptors (Lipinski definition) is 5. The number of likely N-dealkylation sites (tertiary alicyclic amines) is 1. The molecule has 7 nitrogen and oxygen atoms in total. The van der Waals surface area contributed by atoms with Gasteiger partial charge in [-0.15, -0.1) is 0 Å². The van der Waals surface area contributed by atoms with E-state index in [0.29, 0.717) is 18.0 Å². The van der Waals surface area contributed by atoms with Crippen LogP contribution in [-0.2, 0) is 16.1 Å². The molecule has 27 heavy (non-hydrogen) atoms. The Morgan fingerprint density at radius 1 is 1.26 bits per heavy atom. The molecule has 0 unspecified atom stereocenters. The Morgan fingerprint density at radius 3 is 2.70 bits per heavy atom. The average molecular weight is 369 g/mol. The number of nitrogens with one attached hydrogen (secondary N) is 1. The smallest absolute Gasteiger partial charge is 0.226 e. The molecule has 2 atom stereocenters. The summed E-state index contributed by atoms with van der Waals surface area (Å²) >= 11 is 0. The van der Waals surface area contributed by atoms with Gasteiger partial charge in [0.15, 0.2) is 11.5 Å². The Kier molecular flexibility index (Phi) is 5.59. The topological polar surface area (TPSA) is 80.8 Å². The maximum Gasteiger partial charge on any atom is 0.226 e. The highest BCUT2D eigenvalue weighted by Gasteiger charge is 2.42. The van der Waals surface area contributed by atoms with Crippen LogP contribution in [0.5, 0.6) is 11.5 Å². The van der Waals surface area contributed by atoms with Crippen LogP contribution in [0.4, 0.5) is 0 Å². The number of carbonyl (C=O) groups excluding carboxylic acids is 2. The van der Waals surface area contributed by atoms with Gasteiger partial charge in [0.1, 0.15) is 0 Å². The molecule has 0 saturated carbocycles. The lowest BCUT2D eigenvalue weighted by Gasteiger charge is -2.24. The maximum absolute atomic E-state index is 12.8. The van der Waals surface area contributed by atoms with Crippen LogP contribution in [0.25, 0.3) is 0 Å². The Hall–Kier alpha value is -3.09. The molecular weight excluding hydrogens is 346 g/mol. The molecule has 142 valence electrons. The number of ether oxygens (including phenoxy) is 2. The van der Waals surface area contributed by atoms with Crippen LogP contribution in [0, 0.1) is 5.92 Å². The molecule has 0 spiro atoms. The van der Waals surface area contributed by atoms with E-state index in [1.807, 2.05) is 24.3 Å². The third kappa shape index (κ3) is 3.86. The van der Waals surface area contributed by atoms with Gasteiger partial charge >= 0.3 is 0 Å². The van der Waals surface area contributed by atoms with E-state index in [4.69, 9.17) is 9.47 Å². The number of rotatable bonds is 6. The number of carbonyl (C=O) groups is 2. The number of methoxy groups -OCH3 is 2. The van der Waals surface area contributed by atoms with Gasteiger partial charge in [0, 0.05) is 32.4 Å². The lowest BCUT2D eigenvalue weighted by atomic mass is 9.94. The Labute approximate surface area is 158 Å². The van der Waals surface area contributed by atoms with E-state index in [9.17, 15) is 9.59 Å². The van der Waals surface area contributed by atoms with Crippen molar-refractivity contribution in [3.63, 3.8) is 0 Å². The third-order valence-corrected chi connectivity index (χ3v) is 4.86. The number of benzene rings is 1. The van der Waals surface area contributed by atoms with E-state index in [2.05, 4.69) is 10.3 Å². The first-order valence-corrected chi connectivity index (χ1v) is 8.69. The highest BCUT2D eigenvalue weighted by Crippen LogP contribution is 2.36. The summed E-state index contributed by atoms with van der Waals surface area (Å²) in [6.45, 7) is 0.341. The predicted octanol–water partition coefficient (Wildman–Crippen LogP) is 1.93. The zero-order valence-corrected chi connectivity index (χ0v) is 15.6.